The Balaban J connectivity index is 2.02. The molecule has 0 aliphatic heterocycles. The van der Waals surface area contributed by atoms with Gasteiger partial charge in [0.05, 0.1) is 11.4 Å². The Morgan fingerprint density at radius 2 is 1.76 bits per heavy atom. The van der Waals surface area contributed by atoms with Crippen LogP contribution in [0.15, 0.2) is 36.4 Å². The number of amides is 1. The van der Waals surface area contributed by atoms with Crippen molar-refractivity contribution < 1.29 is 13.6 Å². The number of carbonyl (C=O) groups is 1. The van der Waals surface area contributed by atoms with E-state index in [1.54, 1.807) is 6.92 Å². The number of aryl methyl sites for hydroxylation is 3. The monoisotopic (exact) mass is 341 g/mol. The number of nitrogens with zero attached hydrogens (tertiary/aromatic N) is 1. The van der Waals surface area contributed by atoms with Crippen molar-refractivity contribution in [1.82, 2.24) is 10.2 Å². The fourth-order valence-electron chi connectivity index (χ4n) is 2.75. The minimum absolute atomic E-state index is 0.402. The average molecular weight is 341 g/mol. The summed E-state index contributed by atoms with van der Waals surface area (Å²) in [7, 11) is 0. The van der Waals surface area contributed by atoms with Gasteiger partial charge < -0.3 is 5.32 Å². The number of aromatic amines is 1. The largest absolute Gasteiger partial charge is 0.318 e. The van der Waals surface area contributed by atoms with Crippen LogP contribution < -0.4 is 5.32 Å². The van der Waals surface area contributed by atoms with Crippen molar-refractivity contribution >= 4 is 11.6 Å². The van der Waals surface area contributed by atoms with Gasteiger partial charge in [0.25, 0.3) is 5.91 Å². The molecule has 0 aliphatic rings. The summed E-state index contributed by atoms with van der Waals surface area (Å²) >= 11 is 0. The van der Waals surface area contributed by atoms with Crippen LogP contribution in [0.5, 0.6) is 0 Å². The lowest BCUT2D eigenvalue weighted by atomic mass is 10.0. The molecule has 25 heavy (non-hydrogen) atoms. The average Bonchev–Trinajstić information content (AvgIpc) is 2.88. The number of rotatable bonds is 3. The highest BCUT2D eigenvalue weighted by Crippen LogP contribution is 2.31. The molecule has 3 rings (SSSR count). The van der Waals surface area contributed by atoms with Crippen molar-refractivity contribution in [3.8, 4) is 11.3 Å². The highest BCUT2D eigenvalue weighted by atomic mass is 19.1. The second-order valence-corrected chi connectivity index (χ2v) is 5.94. The fraction of sp³-hybridized carbons (Fsp3) is 0.158. The third-order valence-corrected chi connectivity index (χ3v) is 4.01. The van der Waals surface area contributed by atoms with Crippen LogP contribution in [0.4, 0.5) is 14.5 Å². The van der Waals surface area contributed by atoms with Crippen molar-refractivity contribution in [2.75, 3.05) is 5.32 Å². The van der Waals surface area contributed by atoms with Crippen LogP contribution in [0.2, 0.25) is 0 Å². The smallest absolute Gasteiger partial charge is 0.261 e. The molecule has 0 aliphatic carbocycles. The first-order chi connectivity index (χ1) is 11.9. The van der Waals surface area contributed by atoms with Gasteiger partial charge in [-0.3, -0.25) is 9.89 Å². The van der Waals surface area contributed by atoms with Crippen LogP contribution in [0, 0.1) is 32.4 Å². The van der Waals surface area contributed by atoms with Crippen LogP contribution in [0.25, 0.3) is 11.3 Å². The molecule has 0 saturated carbocycles. The van der Waals surface area contributed by atoms with E-state index in [4.69, 9.17) is 0 Å². The van der Waals surface area contributed by atoms with E-state index in [-0.39, 0.29) is 0 Å². The van der Waals surface area contributed by atoms with Crippen molar-refractivity contribution in [2.24, 2.45) is 0 Å². The second-order valence-electron chi connectivity index (χ2n) is 5.94. The molecule has 3 aromatic rings. The molecule has 1 heterocycles. The molecule has 2 aromatic carbocycles. The van der Waals surface area contributed by atoms with E-state index in [0.717, 1.165) is 28.8 Å². The number of hydrogen-bond donors (Lipinski definition) is 2. The molecule has 0 saturated heterocycles. The Kier molecular flexibility index (Phi) is 4.35. The van der Waals surface area contributed by atoms with Crippen LogP contribution in [0.3, 0.4) is 0 Å². The third-order valence-electron chi connectivity index (χ3n) is 4.01. The van der Waals surface area contributed by atoms with Gasteiger partial charge in [0.15, 0.2) is 0 Å². The highest BCUT2D eigenvalue weighted by molar-refractivity contribution is 6.06. The van der Waals surface area contributed by atoms with Gasteiger partial charge >= 0.3 is 0 Å². The van der Waals surface area contributed by atoms with Gasteiger partial charge in [0.2, 0.25) is 0 Å². The van der Waals surface area contributed by atoms with Crippen molar-refractivity contribution in [2.45, 2.75) is 20.8 Å². The Bertz CT molecular complexity index is 943. The molecule has 0 radical (unpaired) electrons. The summed E-state index contributed by atoms with van der Waals surface area (Å²) in [5, 5.41) is 9.64. The molecule has 128 valence electrons. The van der Waals surface area contributed by atoms with E-state index in [1.807, 2.05) is 32.0 Å². The predicted octanol–water partition coefficient (Wildman–Crippen LogP) is 4.53. The molecular weight excluding hydrogens is 324 g/mol. The summed E-state index contributed by atoms with van der Waals surface area (Å²) in [5.41, 5.74) is 3.83. The number of H-pyrrole nitrogens is 1. The lowest BCUT2D eigenvalue weighted by Crippen LogP contribution is -2.16. The lowest BCUT2D eigenvalue weighted by Gasteiger charge is -2.10. The van der Waals surface area contributed by atoms with Gasteiger partial charge in [-0.25, -0.2) is 8.78 Å². The summed E-state index contributed by atoms with van der Waals surface area (Å²) in [4.78, 5) is 12.4. The molecule has 0 atom stereocenters. The zero-order chi connectivity index (χ0) is 18.1. The summed E-state index contributed by atoms with van der Waals surface area (Å²) in [6.07, 6.45) is 0. The maximum atomic E-state index is 13.8. The molecule has 0 spiro atoms. The number of hydrogen-bond acceptors (Lipinski definition) is 2. The van der Waals surface area contributed by atoms with Crippen molar-refractivity contribution in [1.29, 1.82) is 0 Å². The van der Waals surface area contributed by atoms with Crippen LogP contribution in [0.1, 0.15) is 27.2 Å². The van der Waals surface area contributed by atoms with E-state index in [2.05, 4.69) is 15.5 Å². The van der Waals surface area contributed by atoms with Crippen molar-refractivity contribution in [3.63, 3.8) is 0 Å². The van der Waals surface area contributed by atoms with Gasteiger partial charge in [-0.15, -0.1) is 0 Å². The number of aromatic nitrogens is 2. The second kappa shape index (κ2) is 6.47. The molecule has 0 unspecified atom stereocenters. The van der Waals surface area contributed by atoms with E-state index in [9.17, 15) is 13.6 Å². The van der Waals surface area contributed by atoms with Crippen LogP contribution >= 0.6 is 0 Å². The normalized spacial score (nSPS) is 10.8. The van der Waals surface area contributed by atoms with Crippen LogP contribution in [-0.2, 0) is 0 Å². The Hall–Kier alpha value is -3.02. The zero-order valence-corrected chi connectivity index (χ0v) is 14.1. The predicted molar refractivity (Wildman–Crippen MR) is 92.5 cm³/mol. The van der Waals surface area contributed by atoms with E-state index in [0.29, 0.717) is 17.1 Å². The topological polar surface area (TPSA) is 57.8 Å². The Morgan fingerprint density at radius 3 is 2.40 bits per heavy atom. The first kappa shape index (κ1) is 16.8. The highest BCUT2D eigenvalue weighted by Gasteiger charge is 2.21. The zero-order valence-electron chi connectivity index (χ0n) is 14.1. The van der Waals surface area contributed by atoms with Gasteiger partial charge in [-0.1, -0.05) is 29.8 Å². The number of nitrogens with one attached hydrogen (secondary N) is 2. The minimum atomic E-state index is -0.910. The maximum Gasteiger partial charge on any atom is 0.261 e. The lowest BCUT2D eigenvalue weighted by molar-refractivity contribution is 0.101. The maximum absolute atomic E-state index is 13.8. The number of anilines is 1. The summed E-state index contributed by atoms with van der Waals surface area (Å²) in [5.74, 6) is -2.68. The minimum Gasteiger partial charge on any atom is -0.318 e. The number of halogens is 2. The first-order valence-electron chi connectivity index (χ1n) is 7.76. The molecule has 0 fully saturated rings. The number of carbonyl (C=O) groups excluding carboxylic acids is 1. The molecular formula is C19H17F2N3O. The molecule has 1 aromatic heterocycles. The molecule has 2 N–H and O–H groups in total. The Morgan fingerprint density at radius 1 is 1.08 bits per heavy atom. The molecule has 1 amide bonds. The van der Waals surface area contributed by atoms with Gasteiger partial charge in [-0.05, 0) is 38.5 Å². The Labute approximate surface area is 143 Å². The van der Waals surface area contributed by atoms with Crippen molar-refractivity contribution in [3.05, 3.63) is 70.4 Å². The molecule has 0 bridgehead atoms. The van der Waals surface area contributed by atoms with E-state index in [1.165, 1.54) is 6.07 Å². The van der Waals surface area contributed by atoms with Gasteiger partial charge in [-0.2, -0.15) is 5.10 Å². The fourth-order valence-corrected chi connectivity index (χ4v) is 2.75. The summed E-state index contributed by atoms with van der Waals surface area (Å²) in [6, 6.07) is 9.15. The van der Waals surface area contributed by atoms with Gasteiger partial charge in [0.1, 0.15) is 22.9 Å². The third kappa shape index (κ3) is 3.15. The first-order valence-corrected chi connectivity index (χ1v) is 7.76. The quantitative estimate of drug-likeness (QED) is 0.735. The van der Waals surface area contributed by atoms with E-state index >= 15 is 0 Å². The standard InChI is InChI=1S/C19H17F2N3O/c1-10-7-8-13(11(2)9-10)18-17(12(3)23-24-18)22-19(25)16-14(20)5-4-6-15(16)21/h4-9H,1-3H3,(H,22,25)(H,23,24). The summed E-state index contributed by atoms with van der Waals surface area (Å²) in [6.45, 7) is 5.65. The summed E-state index contributed by atoms with van der Waals surface area (Å²) < 4.78 is 27.7. The van der Waals surface area contributed by atoms with E-state index < -0.39 is 23.1 Å². The molecule has 6 heteroatoms. The molecule has 4 nitrogen and oxygen atoms in total. The van der Waals surface area contributed by atoms with Crippen LogP contribution in [-0.4, -0.2) is 16.1 Å². The van der Waals surface area contributed by atoms with Gasteiger partial charge in [0, 0.05) is 5.56 Å². The number of benzene rings is 2. The SMILES string of the molecule is Cc1ccc(-c2n[nH]c(C)c2NC(=O)c2c(F)cccc2F)c(C)c1.